The summed E-state index contributed by atoms with van der Waals surface area (Å²) in [7, 11) is 0. The van der Waals surface area contributed by atoms with E-state index < -0.39 is 6.04 Å². The van der Waals surface area contributed by atoms with Gasteiger partial charge in [0.05, 0.1) is 6.34 Å². The molecule has 1 unspecified atom stereocenters. The third-order valence-corrected chi connectivity index (χ3v) is 2.56. The maximum absolute atomic E-state index is 11.5. The Balaban J connectivity index is 2.10. The molecule has 0 fully saturated rings. The van der Waals surface area contributed by atoms with Gasteiger partial charge in [-0.15, -0.1) is 0 Å². The van der Waals surface area contributed by atoms with E-state index in [4.69, 9.17) is 5.41 Å². The van der Waals surface area contributed by atoms with Crippen LogP contribution in [0.5, 0.6) is 0 Å². The fourth-order valence-corrected chi connectivity index (χ4v) is 1.64. The molecule has 0 aromatic heterocycles. The zero-order chi connectivity index (χ0) is 11.7. The summed E-state index contributed by atoms with van der Waals surface area (Å²) >= 11 is 0. The van der Waals surface area contributed by atoms with E-state index in [-0.39, 0.29) is 11.9 Å². The Morgan fingerprint density at radius 1 is 1.62 bits per heavy atom. The van der Waals surface area contributed by atoms with E-state index in [9.17, 15) is 4.79 Å². The van der Waals surface area contributed by atoms with Crippen molar-refractivity contribution < 1.29 is 4.79 Å². The summed E-state index contributed by atoms with van der Waals surface area (Å²) < 4.78 is 0. The Morgan fingerprint density at radius 2 is 2.38 bits per heavy atom. The summed E-state index contributed by atoms with van der Waals surface area (Å²) in [6.45, 7) is 5.07. The second-order valence-corrected chi connectivity index (χ2v) is 4.35. The lowest BCUT2D eigenvalue weighted by Gasteiger charge is -2.22. The van der Waals surface area contributed by atoms with Gasteiger partial charge in [0.2, 0.25) is 5.96 Å². The van der Waals surface area contributed by atoms with Gasteiger partial charge in [-0.25, -0.2) is 0 Å². The summed E-state index contributed by atoms with van der Waals surface area (Å²) in [5.41, 5.74) is 0. The topological polar surface area (TPSA) is 80.9 Å². The second-order valence-electron chi connectivity index (χ2n) is 4.35. The highest BCUT2D eigenvalue weighted by Crippen LogP contribution is 2.13. The van der Waals surface area contributed by atoms with Crippen LogP contribution in [0.2, 0.25) is 0 Å². The largest absolute Gasteiger partial charge is 0.319 e. The fourth-order valence-electron chi connectivity index (χ4n) is 1.64. The highest BCUT2D eigenvalue weighted by atomic mass is 16.2. The third kappa shape index (κ3) is 1.95. The predicted molar refractivity (Wildman–Crippen MR) is 61.7 cm³/mol. The first-order valence-electron chi connectivity index (χ1n) is 5.36. The maximum Gasteiger partial charge on any atom is 0.259 e. The summed E-state index contributed by atoms with van der Waals surface area (Å²) in [5.74, 6) is 0.800. The van der Waals surface area contributed by atoms with E-state index in [1.54, 1.807) is 6.34 Å². The molecule has 0 saturated carbocycles. The number of fused-ring (bicyclic) bond motifs is 1. The number of aliphatic imine (C=N–C) groups is 2. The molecule has 86 valence electrons. The van der Waals surface area contributed by atoms with Gasteiger partial charge in [0.1, 0.15) is 5.84 Å². The molecule has 2 N–H and O–H groups in total. The molecule has 0 aromatic rings. The first kappa shape index (κ1) is 10.8. The van der Waals surface area contributed by atoms with Crippen LogP contribution in [0.4, 0.5) is 0 Å². The first-order valence-corrected chi connectivity index (χ1v) is 5.36. The molecule has 2 heterocycles. The minimum absolute atomic E-state index is 0.101. The van der Waals surface area contributed by atoms with E-state index in [0.29, 0.717) is 11.8 Å². The van der Waals surface area contributed by atoms with Crippen molar-refractivity contribution in [2.75, 3.05) is 6.54 Å². The van der Waals surface area contributed by atoms with Crippen molar-refractivity contribution in [2.45, 2.75) is 26.3 Å². The summed E-state index contributed by atoms with van der Waals surface area (Å²) in [6.07, 6.45) is 2.65. The van der Waals surface area contributed by atoms with Crippen LogP contribution in [0, 0.1) is 11.3 Å². The van der Waals surface area contributed by atoms with E-state index in [1.165, 1.54) is 0 Å². The van der Waals surface area contributed by atoms with Crippen molar-refractivity contribution in [2.24, 2.45) is 15.9 Å². The molecule has 1 amide bonds. The van der Waals surface area contributed by atoms with Crippen molar-refractivity contribution >= 4 is 24.0 Å². The number of amides is 1. The van der Waals surface area contributed by atoms with Crippen LogP contribution in [-0.2, 0) is 4.79 Å². The number of hydrogen-bond donors (Lipinski definition) is 2. The number of rotatable bonds is 3. The van der Waals surface area contributed by atoms with Gasteiger partial charge in [0.15, 0.2) is 6.04 Å². The van der Waals surface area contributed by atoms with E-state index in [2.05, 4.69) is 29.1 Å². The smallest absolute Gasteiger partial charge is 0.259 e. The number of carbonyl (C=O) groups is 1. The highest BCUT2D eigenvalue weighted by molar-refractivity contribution is 6.23. The Kier molecular flexibility index (Phi) is 2.72. The fraction of sp³-hybridized carbons (Fsp3) is 0.600. The zero-order valence-electron chi connectivity index (χ0n) is 9.40. The average molecular weight is 221 g/mol. The Labute approximate surface area is 94.0 Å². The Hall–Kier alpha value is -1.72. The quantitative estimate of drug-likeness (QED) is 0.714. The van der Waals surface area contributed by atoms with Crippen LogP contribution < -0.4 is 5.32 Å². The van der Waals surface area contributed by atoms with Gasteiger partial charge in [-0.05, 0) is 12.3 Å². The molecule has 1 atom stereocenters. The van der Waals surface area contributed by atoms with Crippen molar-refractivity contribution in [1.82, 2.24) is 10.2 Å². The zero-order valence-corrected chi connectivity index (χ0v) is 9.40. The number of carbonyl (C=O) groups excluding carboxylic acids is 1. The van der Waals surface area contributed by atoms with Crippen LogP contribution in [0.15, 0.2) is 9.98 Å². The lowest BCUT2D eigenvalue weighted by molar-refractivity contribution is -0.119. The SMILES string of the molecule is CC(C)CCN1C=NC2C(=O)NC(=N)N=C21. The normalized spacial score (nSPS) is 23.6. The van der Waals surface area contributed by atoms with Gasteiger partial charge in [-0.1, -0.05) is 13.8 Å². The first-order chi connectivity index (χ1) is 7.58. The summed E-state index contributed by atoms with van der Waals surface area (Å²) in [6, 6.07) is -0.554. The van der Waals surface area contributed by atoms with Gasteiger partial charge < -0.3 is 4.90 Å². The van der Waals surface area contributed by atoms with Crippen molar-refractivity contribution in [3.8, 4) is 0 Å². The van der Waals surface area contributed by atoms with Crippen molar-refractivity contribution in [3.05, 3.63) is 0 Å². The molecular formula is C10H15N5O. The summed E-state index contributed by atoms with van der Waals surface area (Å²) in [5, 5.41) is 9.73. The Morgan fingerprint density at radius 3 is 3.06 bits per heavy atom. The molecule has 0 radical (unpaired) electrons. The average Bonchev–Trinajstić information content (AvgIpc) is 2.58. The molecule has 2 rings (SSSR count). The maximum atomic E-state index is 11.5. The molecule has 16 heavy (non-hydrogen) atoms. The van der Waals surface area contributed by atoms with E-state index in [1.807, 2.05) is 4.90 Å². The monoisotopic (exact) mass is 221 g/mol. The lowest BCUT2D eigenvalue weighted by Crippen LogP contribution is -2.48. The van der Waals surface area contributed by atoms with Crippen molar-refractivity contribution in [3.63, 3.8) is 0 Å². The molecule has 0 saturated heterocycles. The van der Waals surface area contributed by atoms with E-state index in [0.717, 1.165) is 13.0 Å². The second kappa shape index (κ2) is 4.03. The molecule has 2 aliphatic rings. The van der Waals surface area contributed by atoms with Crippen LogP contribution in [0.3, 0.4) is 0 Å². The molecule has 0 bridgehead atoms. The van der Waals surface area contributed by atoms with Gasteiger partial charge in [-0.3, -0.25) is 20.5 Å². The number of guanidine groups is 1. The molecule has 6 nitrogen and oxygen atoms in total. The van der Waals surface area contributed by atoms with Gasteiger partial charge in [0, 0.05) is 6.54 Å². The molecule has 0 aromatic carbocycles. The van der Waals surface area contributed by atoms with E-state index >= 15 is 0 Å². The lowest BCUT2D eigenvalue weighted by atomic mass is 10.1. The van der Waals surface area contributed by atoms with Crippen molar-refractivity contribution in [1.29, 1.82) is 5.41 Å². The van der Waals surface area contributed by atoms with Gasteiger partial charge >= 0.3 is 0 Å². The third-order valence-electron chi connectivity index (χ3n) is 2.56. The minimum Gasteiger partial charge on any atom is -0.319 e. The molecule has 0 spiro atoms. The van der Waals surface area contributed by atoms with Gasteiger partial charge in [-0.2, -0.15) is 4.99 Å². The Bertz CT molecular complexity index is 385. The number of amidine groups is 1. The summed E-state index contributed by atoms with van der Waals surface area (Å²) in [4.78, 5) is 21.5. The number of nitrogens with one attached hydrogen (secondary N) is 2. The standard InChI is InChI=1S/C10H15N5O/c1-6(2)3-4-15-5-12-7-8(15)13-10(11)14-9(7)16/h5-7H,3-4H2,1-2H3,(H2,11,14,16). The van der Waals surface area contributed by atoms with Crippen LogP contribution in [0.25, 0.3) is 0 Å². The highest BCUT2D eigenvalue weighted by Gasteiger charge is 2.35. The number of nitrogens with zero attached hydrogens (tertiary/aromatic N) is 3. The molecular weight excluding hydrogens is 206 g/mol. The molecule has 6 heteroatoms. The molecule has 0 aliphatic carbocycles. The van der Waals surface area contributed by atoms with Gasteiger partial charge in [0.25, 0.3) is 5.91 Å². The molecule has 2 aliphatic heterocycles. The minimum atomic E-state index is -0.554. The van der Waals surface area contributed by atoms with Crippen LogP contribution in [-0.4, -0.2) is 41.5 Å². The van der Waals surface area contributed by atoms with Crippen LogP contribution in [0.1, 0.15) is 20.3 Å². The predicted octanol–water partition coefficient (Wildman–Crippen LogP) is 0.208. The van der Waals surface area contributed by atoms with Crippen LogP contribution >= 0.6 is 0 Å². The number of hydrogen-bond acceptors (Lipinski definition) is 4.